The van der Waals surface area contributed by atoms with Gasteiger partial charge >= 0.3 is 17.5 Å². The molecule has 0 spiro atoms. The summed E-state index contributed by atoms with van der Waals surface area (Å²) >= 11 is 0. The number of aromatic nitrogens is 2. The maximum absolute atomic E-state index is 12.0. The second-order valence-electron chi connectivity index (χ2n) is 7.24. The van der Waals surface area contributed by atoms with Gasteiger partial charge in [0, 0.05) is 5.69 Å². The van der Waals surface area contributed by atoms with Gasteiger partial charge in [0.1, 0.15) is 12.1 Å². The maximum Gasteiger partial charge on any atom is 0.373 e. The van der Waals surface area contributed by atoms with Gasteiger partial charge in [-0.05, 0) is 49.2 Å². The highest BCUT2D eigenvalue weighted by molar-refractivity contribution is 5.90. The van der Waals surface area contributed by atoms with Gasteiger partial charge in [0.25, 0.3) is 0 Å². The van der Waals surface area contributed by atoms with E-state index >= 15 is 0 Å². The van der Waals surface area contributed by atoms with Crippen LogP contribution in [0.15, 0.2) is 54.9 Å². The molecule has 9 heteroatoms. The fraction of sp³-hybridized carbons (Fsp3) is 0.227. The standard InChI is InChI=1S/C22H22N4O5/c1-14(2)12-30-22(27)16-6-8-17(9-7-16)25-20-19(26(28)29)21(24-13-23-20)31-18-10-4-15(3)5-11-18/h4-11,13-14H,12H2,1-3H3,(H,23,24,25). The van der Waals surface area contributed by atoms with Crippen LogP contribution in [0, 0.1) is 23.0 Å². The van der Waals surface area contributed by atoms with E-state index < -0.39 is 16.6 Å². The molecule has 1 aromatic heterocycles. The Balaban J connectivity index is 1.80. The molecular formula is C22H22N4O5. The second-order valence-corrected chi connectivity index (χ2v) is 7.24. The first-order valence-electron chi connectivity index (χ1n) is 9.61. The molecule has 3 rings (SSSR count). The first kappa shape index (κ1) is 21.7. The van der Waals surface area contributed by atoms with Crippen LogP contribution in [0.1, 0.15) is 29.8 Å². The van der Waals surface area contributed by atoms with E-state index in [4.69, 9.17) is 9.47 Å². The normalized spacial score (nSPS) is 10.6. The van der Waals surface area contributed by atoms with Crippen LogP contribution >= 0.6 is 0 Å². The third-order valence-electron chi connectivity index (χ3n) is 4.14. The van der Waals surface area contributed by atoms with Crippen LogP contribution in [0.2, 0.25) is 0 Å². The molecule has 31 heavy (non-hydrogen) atoms. The van der Waals surface area contributed by atoms with Crippen molar-refractivity contribution in [1.82, 2.24) is 9.97 Å². The number of rotatable bonds is 8. The van der Waals surface area contributed by atoms with Crippen molar-refractivity contribution < 1.29 is 19.2 Å². The molecule has 0 radical (unpaired) electrons. The summed E-state index contributed by atoms with van der Waals surface area (Å²) < 4.78 is 10.8. The molecule has 0 aliphatic carbocycles. The number of nitrogens with zero attached hydrogens (tertiary/aromatic N) is 3. The van der Waals surface area contributed by atoms with Crippen molar-refractivity contribution in [3.8, 4) is 11.6 Å². The van der Waals surface area contributed by atoms with Gasteiger partial charge in [0.05, 0.1) is 17.1 Å². The van der Waals surface area contributed by atoms with Gasteiger partial charge < -0.3 is 14.8 Å². The van der Waals surface area contributed by atoms with Crippen molar-refractivity contribution in [2.75, 3.05) is 11.9 Å². The van der Waals surface area contributed by atoms with Gasteiger partial charge in [0.2, 0.25) is 5.82 Å². The molecule has 0 amide bonds. The van der Waals surface area contributed by atoms with Gasteiger partial charge in [-0.2, -0.15) is 4.98 Å². The molecule has 160 valence electrons. The number of nitro groups is 1. The number of ether oxygens (including phenoxy) is 2. The van der Waals surface area contributed by atoms with Crippen LogP contribution in [0.4, 0.5) is 17.2 Å². The second kappa shape index (κ2) is 9.66. The van der Waals surface area contributed by atoms with Crippen LogP contribution in [-0.4, -0.2) is 27.5 Å². The zero-order chi connectivity index (χ0) is 22.4. The van der Waals surface area contributed by atoms with Crippen LogP contribution in [0.3, 0.4) is 0 Å². The summed E-state index contributed by atoms with van der Waals surface area (Å²) in [5.74, 6) is 0.0154. The smallest absolute Gasteiger partial charge is 0.373 e. The molecule has 0 saturated heterocycles. The van der Waals surface area contributed by atoms with Gasteiger partial charge in [-0.15, -0.1) is 0 Å². The third kappa shape index (κ3) is 5.75. The number of hydrogen-bond acceptors (Lipinski definition) is 8. The highest BCUT2D eigenvalue weighted by Gasteiger charge is 2.25. The molecular weight excluding hydrogens is 400 g/mol. The van der Waals surface area contributed by atoms with Crippen LogP contribution < -0.4 is 10.1 Å². The van der Waals surface area contributed by atoms with E-state index in [0.717, 1.165) is 5.56 Å². The number of hydrogen-bond donors (Lipinski definition) is 1. The fourth-order valence-electron chi connectivity index (χ4n) is 2.56. The Morgan fingerprint density at radius 1 is 1.10 bits per heavy atom. The highest BCUT2D eigenvalue weighted by atomic mass is 16.6. The van der Waals surface area contributed by atoms with Gasteiger partial charge in [-0.25, -0.2) is 9.78 Å². The van der Waals surface area contributed by atoms with E-state index in [2.05, 4.69) is 15.3 Å². The summed E-state index contributed by atoms with van der Waals surface area (Å²) in [6.07, 6.45) is 1.18. The van der Waals surface area contributed by atoms with E-state index in [9.17, 15) is 14.9 Å². The number of nitrogens with one attached hydrogen (secondary N) is 1. The van der Waals surface area contributed by atoms with E-state index in [1.807, 2.05) is 32.9 Å². The minimum atomic E-state index is -0.608. The van der Waals surface area contributed by atoms with Gasteiger partial charge in [-0.3, -0.25) is 10.1 Å². The molecule has 0 bridgehead atoms. The number of aryl methyl sites for hydroxylation is 1. The molecule has 0 aliphatic rings. The van der Waals surface area contributed by atoms with Gasteiger partial charge in [-0.1, -0.05) is 31.5 Å². The molecule has 0 aliphatic heterocycles. The lowest BCUT2D eigenvalue weighted by Gasteiger charge is -2.10. The first-order chi connectivity index (χ1) is 14.8. The van der Waals surface area contributed by atoms with Crippen LogP contribution in [-0.2, 0) is 4.74 Å². The van der Waals surface area contributed by atoms with Crippen molar-refractivity contribution in [1.29, 1.82) is 0 Å². The molecule has 9 nitrogen and oxygen atoms in total. The number of esters is 1. The summed E-state index contributed by atoms with van der Waals surface area (Å²) in [6, 6.07) is 13.4. The van der Waals surface area contributed by atoms with E-state index in [0.29, 0.717) is 23.6 Å². The zero-order valence-corrected chi connectivity index (χ0v) is 17.4. The Hall–Kier alpha value is -4.01. The maximum atomic E-state index is 12.0. The van der Waals surface area contributed by atoms with Crippen molar-refractivity contribution in [2.45, 2.75) is 20.8 Å². The SMILES string of the molecule is Cc1ccc(Oc2ncnc(Nc3ccc(C(=O)OCC(C)C)cc3)c2[N+](=O)[O-])cc1. The Labute approximate surface area is 179 Å². The third-order valence-corrected chi connectivity index (χ3v) is 4.14. The number of benzene rings is 2. The summed E-state index contributed by atoms with van der Waals surface area (Å²) in [5, 5.41) is 14.6. The van der Waals surface area contributed by atoms with Crippen molar-refractivity contribution in [2.24, 2.45) is 5.92 Å². The minimum Gasteiger partial charge on any atom is -0.462 e. The van der Waals surface area contributed by atoms with Crippen molar-refractivity contribution >= 4 is 23.2 Å². The molecule has 0 unspecified atom stereocenters. The lowest BCUT2D eigenvalue weighted by molar-refractivity contribution is -0.385. The van der Waals surface area contributed by atoms with E-state index in [1.54, 1.807) is 36.4 Å². The monoisotopic (exact) mass is 422 g/mol. The number of carbonyl (C=O) groups excluding carboxylic acids is 1. The predicted octanol–water partition coefficient (Wildman–Crippen LogP) is 5.04. The van der Waals surface area contributed by atoms with E-state index in [-0.39, 0.29) is 17.6 Å². The fourth-order valence-corrected chi connectivity index (χ4v) is 2.56. The summed E-state index contributed by atoms with van der Waals surface area (Å²) in [4.78, 5) is 31.0. The van der Waals surface area contributed by atoms with Crippen molar-refractivity contribution in [3.63, 3.8) is 0 Å². The summed E-state index contributed by atoms with van der Waals surface area (Å²) in [6.45, 7) is 6.15. The molecule has 1 N–H and O–H groups in total. The Morgan fingerprint density at radius 2 is 1.77 bits per heavy atom. The molecule has 2 aromatic carbocycles. The Kier molecular flexibility index (Phi) is 6.76. The van der Waals surface area contributed by atoms with Crippen LogP contribution in [0.5, 0.6) is 11.6 Å². The minimum absolute atomic E-state index is 0.0303. The summed E-state index contributed by atoms with van der Waals surface area (Å²) in [7, 11) is 0. The lowest BCUT2D eigenvalue weighted by Crippen LogP contribution is -2.10. The average Bonchev–Trinajstić information content (AvgIpc) is 2.74. The van der Waals surface area contributed by atoms with Gasteiger partial charge in [0.15, 0.2) is 0 Å². The largest absolute Gasteiger partial charge is 0.462 e. The number of carbonyl (C=O) groups is 1. The van der Waals surface area contributed by atoms with Crippen molar-refractivity contribution in [3.05, 3.63) is 76.1 Å². The molecule has 0 saturated carbocycles. The quantitative estimate of drug-likeness (QED) is 0.305. The summed E-state index contributed by atoms with van der Waals surface area (Å²) in [5.41, 5.74) is 1.52. The van der Waals surface area contributed by atoms with E-state index in [1.165, 1.54) is 6.33 Å². The highest BCUT2D eigenvalue weighted by Crippen LogP contribution is 2.35. The molecule has 3 aromatic rings. The first-order valence-corrected chi connectivity index (χ1v) is 9.61. The average molecular weight is 422 g/mol. The zero-order valence-electron chi connectivity index (χ0n) is 17.4. The predicted molar refractivity (Wildman–Crippen MR) is 115 cm³/mol. The topological polar surface area (TPSA) is 116 Å². The number of anilines is 2. The lowest BCUT2D eigenvalue weighted by atomic mass is 10.2. The van der Waals surface area contributed by atoms with Crippen LogP contribution in [0.25, 0.3) is 0 Å². The molecule has 1 heterocycles. The Morgan fingerprint density at radius 3 is 2.39 bits per heavy atom. The Bertz CT molecular complexity index is 1070. The molecule has 0 fully saturated rings. The molecule has 0 atom stereocenters.